The molecule has 0 aromatic heterocycles. The Balaban J connectivity index is 2.58. The van der Waals surface area contributed by atoms with Crippen LogP contribution in [0.2, 0.25) is 0 Å². The van der Waals surface area contributed by atoms with Gasteiger partial charge in [0.25, 0.3) is 5.91 Å². The van der Waals surface area contributed by atoms with Gasteiger partial charge in [0.1, 0.15) is 0 Å². The first-order valence-electron chi connectivity index (χ1n) is 4.33. The Bertz CT molecular complexity index is 187. The summed E-state index contributed by atoms with van der Waals surface area (Å²) in [5.74, 6) is -1.07. The second kappa shape index (κ2) is 4.50. The Morgan fingerprint density at radius 1 is 1.69 bits per heavy atom. The van der Waals surface area contributed by atoms with E-state index in [0.29, 0.717) is 19.6 Å². The molecule has 1 heterocycles. The molecule has 0 aliphatic carbocycles. The maximum absolute atomic E-state index is 12.1. The van der Waals surface area contributed by atoms with E-state index in [1.165, 1.54) is 4.90 Å². The zero-order chi connectivity index (χ0) is 9.84. The zero-order valence-electron chi connectivity index (χ0n) is 7.50. The molecule has 0 bridgehead atoms. The lowest BCUT2D eigenvalue weighted by Crippen LogP contribution is -2.50. The number of halogens is 2. The first-order chi connectivity index (χ1) is 6.16. The van der Waals surface area contributed by atoms with Crippen LogP contribution >= 0.6 is 0 Å². The molecule has 1 unspecified atom stereocenters. The molecule has 3 nitrogen and oxygen atoms in total. The molecule has 0 aromatic carbocycles. The van der Waals surface area contributed by atoms with E-state index in [2.05, 4.69) is 0 Å². The number of hydrogen-bond acceptors (Lipinski definition) is 2. The molecule has 1 amide bonds. The maximum Gasteiger partial charge on any atom is 0.315 e. The molecule has 13 heavy (non-hydrogen) atoms. The summed E-state index contributed by atoms with van der Waals surface area (Å²) in [6, 6.07) is -0.185. The normalized spacial score (nSPS) is 23.7. The van der Waals surface area contributed by atoms with Gasteiger partial charge >= 0.3 is 6.43 Å². The van der Waals surface area contributed by atoms with Gasteiger partial charge in [-0.05, 0) is 6.42 Å². The molecule has 1 fully saturated rings. The predicted octanol–water partition coefficient (Wildman–Crippen LogP) is 0.889. The minimum atomic E-state index is -2.90. The fraction of sp³-hybridized carbons (Fsp3) is 0.875. The van der Waals surface area contributed by atoms with Crippen molar-refractivity contribution in [3.8, 4) is 0 Å². The lowest BCUT2D eigenvalue weighted by atomic mass is 10.2. The monoisotopic (exact) mass is 193 g/mol. The van der Waals surface area contributed by atoms with Crippen molar-refractivity contribution in [2.45, 2.75) is 25.8 Å². The highest BCUT2D eigenvalue weighted by Gasteiger charge is 2.30. The van der Waals surface area contributed by atoms with Crippen molar-refractivity contribution in [2.24, 2.45) is 0 Å². The van der Waals surface area contributed by atoms with E-state index in [1.54, 1.807) is 0 Å². The van der Waals surface area contributed by atoms with Crippen LogP contribution in [0.5, 0.6) is 0 Å². The summed E-state index contributed by atoms with van der Waals surface area (Å²) in [6.45, 7) is 2.86. The van der Waals surface area contributed by atoms with Gasteiger partial charge in [-0.25, -0.2) is 0 Å². The number of ether oxygens (including phenoxy) is 1. The number of morpholine rings is 1. The second-order valence-corrected chi connectivity index (χ2v) is 2.97. The van der Waals surface area contributed by atoms with Crippen LogP contribution in [0, 0.1) is 0 Å². The van der Waals surface area contributed by atoms with Crippen LogP contribution in [0.15, 0.2) is 0 Å². The molecule has 0 saturated carbocycles. The molecular formula is C8H13F2NO2. The third-order valence-electron chi connectivity index (χ3n) is 2.17. The Hall–Kier alpha value is -0.710. The topological polar surface area (TPSA) is 29.5 Å². The number of hydrogen-bond donors (Lipinski definition) is 0. The summed E-state index contributed by atoms with van der Waals surface area (Å²) in [5.41, 5.74) is 0. The zero-order valence-corrected chi connectivity index (χ0v) is 7.50. The van der Waals surface area contributed by atoms with Gasteiger partial charge in [-0.1, -0.05) is 6.92 Å². The summed E-state index contributed by atoms with van der Waals surface area (Å²) < 4.78 is 29.3. The van der Waals surface area contributed by atoms with Crippen LogP contribution in [0.1, 0.15) is 13.3 Å². The highest BCUT2D eigenvalue weighted by atomic mass is 19.3. The SMILES string of the molecule is CCC1COCCN1C(=O)C(F)F. The molecule has 76 valence electrons. The van der Waals surface area contributed by atoms with Crippen LogP contribution in [0.3, 0.4) is 0 Å². The number of carbonyl (C=O) groups excluding carboxylic acids is 1. The van der Waals surface area contributed by atoms with Crippen molar-refractivity contribution in [1.82, 2.24) is 4.90 Å². The molecule has 1 aliphatic rings. The summed E-state index contributed by atoms with van der Waals surface area (Å²) >= 11 is 0. The number of nitrogens with zero attached hydrogens (tertiary/aromatic N) is 1. The third kappa shape index (κ3) is 2.37. The molecular weight excluding hydrogens is 180 g/mol. The Kier molecular flexibility index (Phi) is 3.59. The molecule has 0 N–H and O–H groups in total. The van der Waals surface area contributed by atoms with Gasteiger partial charge in [-0.3, -0.25) is 4.79 Å². The van der Waals surface area contributed by atoms with Crippen molar-refractivity contribution in [2.75, 3.05) is 19.8 Å². The van der Waals surface area contributed by atoms with Gasteiger partial charge < -0.3 is 9.64 Å². The van der Waals surface area contributed by atoms with Crippen molar-refractivity contribution < 1.29 is 18.3 Å². The van der Waals surface area contributed by atoms with Gasteiger partial charge in [-0.15, -0.1) is 0 Å². The number of alkyl halides is 2. The first-order valence-corrected chi connectivity index (χ1v) is 4.33. The van der Waals surface area contributed by atoms with E-state index in [1.807, 2.05) is 6.92 Å². The van der Waals surface area contributed by atoms with E-state index in [-0.39, 0.29) is 12.6 Å². The van der Waals surface area contributed by atoms with Gasteiger partial charge in [0, 0.05) is 6.54 Å². The Morgan fingerprint density at radius 3 is 2.92 bits per heavy atom. The van der Waals surface area contributed by atoms with Crippen LogP contribution in [-0.2, 0) is 9.53 Å². The highest BCUT2D eigenvalue weighted by molar-refractivity contribution is 5.79. The Labute approximate surface area is 75.7 Å². The van der Waals surface area contributed by atoms with E-state index in [4.69, 9.17) is 4.74 Å². The molecule has 5 heteroatoms. The molecule has 0 radical (unpaired) electrons. The van der Waals surface area contributed by atoms with E-state index >= 15 is 0 Å². The largest absolute Gasteiger partial charge is 0.377 e. The highest BCUT2D eigenvalue weighted by Crippen LogP contribution is 2.13. The van der Waals surface area contributed by atoms with Gasteiger partial charge in [-0.2, -0.15) is 8.78 Å². The van der Waals surface area contributed by atoms with Crippen molar-refractivity contribution in [1.29, 1.82) is 0 Å². The average Bonchev–Trinajstić information content (AvgIpc) is 2.16. The smallest absolute Gasteiger partial charge is 0.315 e. The fourth-order valence-corrected chi connectivity index (χ4v) is 1.41. The predicted molar refractivity (Wildman–Crippen MR) is 42.6 cm³/mol. The Morgan fingerprint density at radius 2 is 2.38 bits per heavy atom. The maximum atomic E-state index is 12.1. The average molecular weight is 193 g/mol. The fourth-order valence-electron chi connectivity index (χ4n) is 1.41. The quantitative estimate of drug-likeness (QED) is 0.651. The standard InChI is InChI=1S/C8H13F2NO2/c1-2-6-5-13-4-3-11(6)8(12)7(9)10/h6-7H,2-5H2,1H3. The van der Waals surface area contributed by atoms with Crippen molar-refractivity contribution >= 4 is 5.91 Å². The van der Waals surface area contributed by atoms with Crippen molar-refractivity contribution in [3.05, 3.63) is 0 Å². The lowest BCUT2D eigenvalue weighted by Gasteiger charge is -2.34. The third-order valence-corrected chi connectivity index (χ3v) is 2.17. The first kappa shape index (κ1) is 10.4. The van der Waals surface area contributed by atoms with Crippen LogP contribution in [0.4, 0.5) is 8.78 Å². The summed E-state index contributed by atoms with van der Waals surface area (Å²) in [4.78, 5) is 12.2. The van der Waals surface area contributed by atoms with Gasteiger partial charge in [0.2, 0.25) is 0 Å². The molecule has 1 rings (SSSR count). The molecule has 1 aliphatic heterocycles. The van der Waals surface area contributed by atoms with Crippen molar-refractivity contribution in [3.63, 3.8) is 0 Å². The number of amides is 1. The van der Waals surface area contributed by atoms with Gasteiger partial charge in [0.15, 0.2) is 0 Å². The number of rotatable bonds is 2. The summed E-state index contributed by atoms with van der Waals surface area (Å²) in [5, 5.41) is 0. The van der Waals surface area contributed by atoms with Crippen LogP contribution in [0.25, 0.3) is 0 Å². The molecule has 1 saturated heterocycles. The summed E-state index contributed by atoms with van der Waals surface area (Å²) in [7, 11) is 0. The van der Waals surface area contributed by atoms with E-state index in [0.717, 1.165) is 0 Å². The second-order valence-electron chi connectivity index (χ2n) is 2.97. The lowest BCUT2D eigenvalue weighted by molar-refractivity contribution is -0.151. The van der Waals surface area contributed by atoms with Crippen LogP contribution < -0.4 is 0 Å². The van der Waals surface area contributed by atoms with Gasteiger partial charge in [0.05, 0.1) is 19.3 Å². The minimum Gasteiger partial charge on any atom is -0.377 e. The van der Waals surface area contributed by atoms with E-state index in [9.17, 15) is 13.6 Å². The number of carbonyl (C=O) groups is 1. The molecule has 0 aromatic rings. The van der Waals surface area contributed by atoms with E-state index < -0.39 is 12.3 Å². The molecule has 1 atom stereocenters. The summed E-state index contributed by atoms with van der Waals surface area (Å²) in [6.07, 6.45) is -2.24. The minimum absolute atomic E-state index is 0.185. The van der Waals surface area contributed by atoms with Crippen LogP contribution in [-0.4, -0.2) is 43.0 Å². The molecule has 0 spiro atoms.